The molecule has 0 amide bonds. The Labute approximate surface area is 392 Å². The number of benzene rings is 10. The molecule has 2 nitrogen and oxygen atoms in total. The Balaban J connectivity index is 1.38. The Hall–Kier alpha value is -7.16. The van der Waals surface area contributed by atoms with Crippen LogP contribution in [0.2, 0.25) is 0 Å². The summed E-state index contributed by atoms with van der Waals surface area (Å²) in [6, 6.07) is 70.9. The molecule has 0 heterocycles. The van der Waals surface area contributed by atoms with Gasteiger partial charge < -0.3 is 9.80 Å². The molecular formula is C64H60N2. The zero-order valence-corrected chi connectivity index (χ0v) is 39.9. The van der Waals surface area contributed by atoms with Gasteiger partial charge in [-0.2, -0.15) is 0 Å². The lowest BCUT2D eigenvalue weighted by Gasteiger charge is -2.35. The molecule has 0 N–H and O–H groups in total. The largest absolute Gasteiger partial charge is 0.309 e. The van der Waals surface area contributed by atoms with Crippen molar-refractivity contribution in [3.8, 4) is 22.3 Å². The fourth-order valence-corrected chi connectivity index (χ4v) is 10.1. The molecule has 10 rings (SSSR count). The van der Waals surface area contributed by atoms with Crippen LogP contribution < -0.4 is 9.80 Å². The molecule has 10 aromatic rings. The van der Waals surface area contributed by atoms with E-state index in [0.29, 0.717) is 0 Å². The third-order valence-corrected chi connectivity index (χ3v) is 13.5. The van der Waals surface area contributed by atoms with Crippen molar-refractivity contribution in [2.45, 2.75) is 79.6 Å². The smallest absolute Gasteiger partial charge is 0.0561 e. The van der Waals surface area contributed by atoms with Crippen LogP contribution in [0.25, 0.3) is 54.6 Å². The summed E-state index contributed by atoms with van der Waals surface area (Å²) in [6.45, 7) is 20.7. The highest BCUT2D eigenvalue weighted by atomic mass is 15.2. The molecule has 10 aromatic carbocycles. The fourth-order valence-electron chi connectivity index (χ4n) is 10.1. The molecule has 2 heteroatoms. The minimum atomic E-state index is -0.00125. The molecule has 0 aliphatic carbocycles. The van der Waals surface area contributed by atoms with Crippen molar-refractivity contribution in [1.82, 2.24) is 0 Å². The molecule has 0 fully saturated rings. The van der Waals surface area contributed by atoms with Gasteiger partial charge in [-0.25, -0.2) is 0 Å². The SMILES string of the molecule is Cc1cccc(N(c2cc(-c3ccccc3)ccc2C(C)C)c2cc(N(c3cccc(C)c3)c3cc(-c4ccccc4)ccc3C(C)C)c3ccc4cc(C(C)(C)C)cc5ccc2c3c54)c1. The van der Waals surface area contributed by atoms with Crippen molar-refractivity contribution in [2.24, 2.45) is 0 Å². The second-order valence-corrected chi connectivity index (χ2v) is 20.0. The highest BCUT2D eigenvalue weighted by molar-refractivity contribution is 6.29. The molecule has 0 bridgehead atoms. The monoisotopic (exact) mass is 856 g/mol. The average Bonchev–Trinajstić information content (AvgIpc) is 3.31. The van der Waals surface area contributed by atoms with Crippen LogP contribution in [0, 0.1) is 13.8 Å². The van der Waals surface area contributed by atoms with Crippen molar-refractivity contribution in [1.29, 1.82) is 0 Å². The molecule has 66 heavy (non-hydrogen) atoms. The van der Waals surface area contributed by atoms with Gasteiger partial charge in [-0.05, 0) is 140 Å². The Morgan fingerprint density at radius 1 is 0.364 bits per heavy atom. The molecule has 0 saturated carbocycles. The van der Waals surface area contributed by atoms with Crippen LogP contribution in [0.1, 0.15) is 88.1 Å². The lowest BCUT2D eigenvalue weighted by Crippen LogP contribution is -2.17. The molecule has 0 radical (unpaired) electrons. The molecule has 0 saturated heterocycles. The highest BCUT2D eigenvalue weighted by Gasteiger charge is 2.28. The first-order valence-electron chi connectivity index (χ1n) is 23.7. The van der Waals surface area contributed by atoms with E-state index in [-0.39, 0.29) is 17.3 Å². The van der Waals surface area contributed by atoms with Gasteiger partial charge in [0.2, 0.25) is 0 Å². The first-order chi connectivity index (χ1) is 31.8. The molecule has 0 atom stereocenters. The number of hydrogen-bond acceptors (Lipinski definition) is 2. The van der Waals surface area contributed by atoms with Gasteiger partial charge in [0.15, 0.2) is 0 Å². The van der Waals surface area contributed by atoms with Crippen LogP contribution in [0.15, 0.2) is 188 Å². The zero-order chi connectivity index (χ0) is 45.9. The number of rotatable bonds is 10. The summed E-state index contributed by atoms with van der Waals surface area (Å²) in [5.74, 6) is 0.538. The topological polar surface area (TPSA) is 6.48 Å². The predicted octanol–water partition coefficient (Wildman–Crippen LogP) is 19.0. The minimum Gasteiger partial charge on any atom is -0.309 e. The lowest BCUT2D eigenvalue weighted by atomic mass is 9.83. The van der Waals surface area contributed by atoms with Crippen LogP contribution in [0.5, 0.6) is 0 Å². The van der Waals surface area contributed by atoms with Gasteiger partial charge in [0, 0.05) is 27.5 Å². The minimum absolute atomic E-state index is 0.00125. The molecule has 0 aliphatic rings. The predicted molar refractivity (Wildman–Crippen MR) is 287 cm³/mol. The summed E-state index contributed by atoms with van der Waals surface area (Å²) >= 11 is 0. The van der Waals surface area contributed by atoms with Crippen molar-refractivity contribution >= 4 is 66.4 Å². The average molecular weight is 857 g/mol. The van der Waals surface area contributed by atoms with Crippen molar-refractivity contribution in [3.63, 3.8) is 0 Å². The Bertz CT molecular complexity index is 3160. The molecular weight excluding hydrogens is 797 g/mol. The van der Waals surface area contributed by atoms with E-state index in [1.165, 1.54) is 93.8 Å². The van der Waals surface area contributed by atoms with Gasteiger partial charge >= 0.3 is 0 Å². The summed E-state index contributed by atoms with van der Waals surface area (Å²) in [5, 5.41) is 7.57. The third kappa shape index (κ3) is 7.79. The second kappa shape index (κ2) is 17.0. The summed E-state index contributed by atoms with van der Waals surface area (Å²) in [5.41, 5.74) is 18.1. The Kier molecular flexibility index (Phi) is 11.0. The maximum atomic E-state index is 2.57. The summed E-state index contributed by atoms with van der Waals surface area (Å²) in [6.07, 6.45) is 0. The van der Waals surface area contributed by atoms with Crippen LogP contribution >= 0.6 is 0 Å². The quantitative estimate of drug-likeness (QED) is 0.126. The van der Waals surface area contributed by atoms with Crippen LogP contribution in [-0.2, 0) is 5.41 Å². The number of aryl methyl sites for hydroxylation is 2. The van der Waals surface area contributed by atoms with Gasteiger partial charge in [0.1, 0.15) is 0 Å². The van der Waals surface area contributed by atoms with Gasteiger partial charge in [0.25, 0.3) is 0 Å². The molecule has 0 aliphatic heterocycles. The molecule has 0 unspecified atom stereocenters. The highest BCUT2D eigenvalue weighted by Crippen LogP contribution is 2.53. The maximum Gasteiger partial charge on any atom is 0.0561 e. The normalized spacial score (nSPS) is 12.0. The number of nitrogens with zero attached hydrogens (tertiary/aromatic N) is 2. The van der Waals surface area contributed by atoms with E-state index in [0.717, 1.165) is 22.7 Å². The van der Waals surface area contributed by atoms with Gasteiger partial charge in [-0.15, -0.1) is 0 Å². The van der Waals surface area contributed by atoms with Crippen LogP contribution in [0.3, 0.4) is 0 Å². The van der Waals surface area contributed by atoms with E-state index in [1.807, 2.05) is 0 Å². The first kappa shape index (κ1) is 42.8. The van der Waals surface area contributed by atoms with Crippen LogP contribution in [0.4, 0.5) is 34.1 Å². The van der Waals surface area contributed by atoms with Crippen molar-refractivity contribution < 1.29 is 0 Å². The van der Waals surface area contributed by atoms with Crippen molar-refractivity contribution in [2.75, 3.05) is 9.80 Å². The zero-order valence-electron chi connectivity index (χ0n) is 39.9. The van der Waals surface area contributed by atoms with E-state index in [9.17, 15) is 0 Å². The first-order valence-corrected chi connectivity index (χ1v) is 23.7. The van der Waals surface area contributed by atoms with E-state index >= 15 is 0 Å². The fraction of sp³-hybridized carbons (Fsp3) is 0.188. The standard InChI is InChI=1S/C64H60N2/c1-41(2)54-30-26-47(45-20-12-10-13-21-45)38-58(54)65(52-24-16-18-43(5)34-52)60-40-61(57-33-29-50-37-51(64(7,8)9)36-49-28-32-56(60)63(57)62(49)50)66(53-25-17-19-44(6)35-53)59-39-48(27-31-55(59)42(3)4)46-22-14-11-15-23-46/h10-42H,1-9H3. The number of hydrogen-bond donors (Lipinski definition) is 0. The summed E-state index contributed by atoms with van der Waals surface area (Å²) in [4.78, 5) is 5.14. The van der Waals surface area contributed by atoms with Gasteiger partial charge in [-0.3, -0.25) is 0 Å². The number of anilines is 6. The summed E-state index contributed by atoms with van der Waals surface area (Å²) in [7, 11) is 0. The molecule has 0 aromatic heterocycles. The third-order valence-electron chi connectivity index (χ3n) is 13.5. The van der Waals surface area contributed by atoms with E-state index < -0.39 is 0 Å². The van der Waals surface area contributed by atoms with Gasteiger partial charge in [0.05, 0.1) is 22.7 Å². The maximum absolute atomic E-state index is 2.57. The van der Waals surface area contributed by atoms with Gasteiger partial charge in [-0.1, -0.05) is 194 Å². The van der Waals surface area contributed by atoms with Crippen LogP contribution in [-0.4, -0.2) is 0 Å². The second-order valence-electron chi connectivity index (χ2n) is 20.0. The molecule has 326 valence electrons. The van der Waals surface area contributed by atoms with E-state index in [1.54, 1.807) is 0 Å². The Morgan fingerprint density at radius 2 is 0.803 bits per heavy atom. The van der Waals surface area contributed by atoms with E-state index in [2.05, 4.69) is 260 Å². The Morgan fingerprint density at radius 3 is 1.20 bits per heavy atom. The summed E-state index contributed by atoms with van der Waals surface area (Å²) < 4.78 is 0. The van der Waals surface area contributed by atoms with E-state index in [4.69, 9.17) is 0 Å². The van der Waals surface area contributed by atoms with Crippen molar-refractivity contribution in [3.05, 3.63) is 216 Å². The lowest BCUT2D eigenvalue weighted by molar-refractivity contribution is 0.591. The molecule has 0 spiro atoms.